The third-order valence-corrected chi connectivity index (χ3v) is 5.63. The van der Waals surface area contributed by atoms with Crippen molar-refractivity contribution in [1.29, 1.82) is 0 Å². The van der Waals surface area contributed by atoms with E-state index in [2.05, 4.69) is 56.4 Å². The molecule has 0 amide bonds. The normalized spacial score (nSPS) is 14.7. The Morgan fingerprint density at radius 2 is 1.74 bits per heavy atom. The SMILES string of the molecule is COc1ncccc1-c1ccc2cnc(Nc3ccc(N4CCN(C)CC4)cc3)nn12. The summed E-state index contributed by atoms with van der Waals surface area (Å²) >= 11 is 0. The zero-order chi connectivity index (χ0) is 21.2. The monoisotopic (exact) mass is 415 g/mol. The van der Waals surface area contributed by atoms with Crippen molar-refractivity contribution >= 4 is 22.8 Å². The van der Waals surface area contributed by atoms with Crippen LogP contribution in [0, 0.1) is 0 Å². The average molecular weight is 416 g/mol. The maximum atomic E-state index is 5.42. The summed E-state index contributed by atoms with van der Waals surface area (Å²) in [5.74, 6) is 1.09. The Hall–Kier alpha value is -3.65. The van der Waals surface area contributed by atoms with Crippen LogP contribution in [0.4, 0.5) is 17.3 Å². The van der Waals surface area contributed by atoms with Crippen molar-refractivity contribution in [3.8, 4) is 17.1 Å². The molecule has 0 atom stereocenters. The molecule has 0 radical (unpaired) electrons. The molecule has 8 heteroatoms. The fraction of sp³-hybridized carbons (Fsp3) is 0.261. The van der Waals surface area contributed by atoms with Gasteiger partial charge in [-0.05, 0) is 55.6 Å². The Kier molecular flexibility index (Phi) is 5.13. The first-order chi connectivity index (χ1) is 15.2. The highest BCUT2D eigenvalue weighted by Crippen LogP contribution is 2.29. The van der Waals surface area contributed by atoms with E-state index < -0.39 is 0 Å². The van der Waals surface area contributed by atoms with Gasteiger partial charge in [0.15, 0.2) is 0 Å². The molecule has 1 aromatic carbocycles. The fourth-order valence-electron chi connectivity index (χ4n) is 3.86. The second kappa shape index (κ2) is 8.23. The number of nitrogens with zero attached hydrogens (tertiary/aromatic N) is 6. The standard InChI is InChI=1S/C23H25N7O/c1-28-12-14-29(15-13-28)18-7-5-17(6-8-18)26-23-25-16-19-9-10-21(30(19)27-23)20-4-3-11-24-22(20)31-2/h3-11,16H,12-15H2,1-2H3,(H,26,27). The van der Waals surface area contributed by atoms with E-state index in [1.165, 1.54) is 5.69 Å². The third kappa shape index (κ3) is 3.89. The second-order valence-corrected chi connectivity index (χ2v) is 7.66. The van der Waals surface area contributed by atoms with Gasteiger partial charge in [0.25, 0.3) is 0 Å². The van der Waals surface area contributed by atoms with Gasteiger partial charge < -0.3 is 19.9 Å². The lowest BCUT2D eigenvalue weighted by atomic mass is 10.2. The van der Waals surface area contributed by atoms with Gasteiger partial charge in [0.2, 0.25) is 11.8 Å². The minimum absolute atomic E-state index is 0.528. The number of nitrogens with one attached hydrogen (secondary N) is 1. The lowest BCUT2D eigenvalue weighted by Crippen LogP contribution is -2.44. The van der Waals surface area contributed by atoms with Gasteiger partial charge >= 0.3 is 0 Å². The van der Waals surface area contributed by atoms with Crippen LogP contribution >= 0.6 is 0 Å². The molecule has 3 aromatic heterocycles. The molecule has 158 valence electrons. The zero-order valence-electron chi connectivity index (χ0n) is 17.7. The number of methoxy groups -OCH3 is 1. The highest BCUT2D eigenvalue weighted by atomic mass is 16.5. The molecular weight excluding hydrogens is 390 g/mol. The van der Waals surface area contributed by atoms with Crippen molar-refractivity contribution < 1.29 is 4.74 Å². The number of hydrogen-bond donors (Lipinski definition) is 1. The number of hydrogen-bond acceptors (Lipinski definition) is 7. The summed E-state index contributed by atoms with van der Waals surface area (Å²) in [7, 11) is 3.79. The Bertz CT molecular complexity index is 1180. The van der Waals surface area contributed by atoms with Crippen LogP contribution in [-0.2, 0) is 0 Å². The molecule has 1 saturated heterocycles. The van der Waals surface area contributed by atoms with Gasteiger partial charge in [-0.25, -0.2) is 14.5 Å². The second-order valence-electron chi connectivity index (χ2n) is 7.66. The van der Waals surface area contributed by atoms with Gasteiger partial charge in [0.1, 0.15) is 0 Å². The van der Waals surface area contributed by atoms with Crippen LogP contribution < -0.4 is 15.0 Å². The van der Waals surface area contributed by atoms with Gasteiger partial charge in [0, 0.05) is 43.8 Å². The maximum Gasteiger partial charge on any atom is 0.245 e. The molecule has 0 spiro atoms. The van der Waals surface area contributed by atoms with Crippen LogP contribution in [0.15, 0.2) is 60.9 Å². The quantitative estimate of drug-likeness (QED) is 0.536. The smallest absolute Gasteiger partial charge is 0.245 e. The van der Waals surface area contributed by atoms with Crippen molar-refractivity contribution in [2.45, 2.75) is 0 Å². The van der Waals surface area contributed by atoms with Crippen LogP contribution in [0.5, 0.6) is 5.88 Å². The Morgan fingerprint density at radius 1 is 0.935 bits per heavy atom. The maximum absolute atomic E-state index is 5.42. The van der Waals surface area contributed by atoms with E-state index in [0.717, 1.165) is 48.6 Å². The highest BCUT2D eigenvalue weighted by molar-refractivity contribution is 5.70. The topological polar surface area (TPSA) is 70.8 Å². The molecular formula is C23H25N7O. The summed E-state index contributed by atoms with van der Waals surface area (Å²) in [4.78, 5) is 13.5. The number of anilines is 3. The summed E-state index contributed by atoms with van der Waals surface area (Å²) in [5.41, 5.74) is 4.87. The predicted molar refractivity (Wildman–Crippen MR) is 122 cm³/mol. The van der Waals surface area contributed by atoms with E-state index >= 15 is 0 Å². The molecule has 1 aliphatic heterocycles. The molecule has 0 aliphatic carbocycles. The van der Waals surface area contributed by atoms with E-state index in [-0.39, 0.29) is 0 Å². The van der Waals surface area contributed by atoms with Gasteiger partial charge in [-0.15, -0.1) is 5.10 Å². The zero-order valence-corrected chi connectivity index (χ0v) is 17.7. The molecule has 31 heavy (non-hydrogen) atoms. The average Bonchev–Trinajstić information content (AvgIpc) is 3.23. The number of pyridine rings is 1. The van der Waals surface area contributed by atoms with Crippen molar-refractivity contribution in [1.82, 2.24) is 24.5 Å². The number of likely N-dealkylation sites (N-methyl/N-ethyl adjacent to an activating group) is 1. The van der Waals surface area contributed by atoms with Gasteiger partial charge in [-0.1, -0.05) is 0 Å². The summed E-state index contributed by atoms with van der Waals surface area (Å²) in [6.45, 7) is 4.29. The lowest BCUT2D eigenvalue weighted by molar-refractivity contribution is 0.313. The number of rotatable bonds is 5. The van der Waals surface area contributed by atoms with Crippen molar-refractivity contribution in [3.63, 3.8) is 0 Å². The van der Waals surface area contributed by atoms with Gasteiger partial charge in [0.05, 0.1) is 30.1 Å². The third-order valence-electron chi connectivity index (χ3n) is 5.63. The van der Waals surface area contributed by atoms with E-state index in [0.29, 0.717) is 11.8 Å². The summed E-state index contributed by atoms with van der Waals surface area (Å²) in [6, 6.07) is 16.3. The predicted octanol–water partition coefficient (Wildman–Crippen LogP) is 3.30. The largest absolute Gasteiger partial charge is 0.481 e. The number of fused-ring (bicyclic) bond motifs is 1. The Morgan fingerprint density at radius 3 is 2.52 bits per heavy atom. The first-order valence-electron chi connectivity index (χ1n) is 10.4. The van der Waals surface area contributed by atoms with E-state index in [9.17, 15) is 0 Å². The van der Waals surface area contributed by atoms with E-state index in [4.69, 9.17) is 9.84 Å². The minimum atomic E-state index is 0.528. The molecule has 1 N–H and O–H groups in total. The van der Waals surface area contributed by atoms with E-state index in [1.807, 2.05) is 28.8 Å². The first kappa shape index (κ1) is 19.3. The van der Waals surface area contributed by atoms with E-state index in [1.54, 1.807) is 19.5 Å². The van der Waals surface area contributed by atoms with Gasteiger partial charge in [-0.3, -0.25) is 0 Å². The number of aromatic nitrogens is 4. The molecule has 4 heterocycles. The number of benzene rings is 1. The summed E-state index contributed by atoms with van der Waals surface area (Å²) in [5, 5.41) is 8.01. The molecule has 5 rings (SSSR count). The first-order valence-corrected chi connectivity index (χ1v) is 10.4. The molecule has 0 bridgehead atoms. The van der Waals surface area contributed by atoms with Crippen LogP contribution in [-0.4, -0.2) is 64.8 Å². The van der Waals surface area contributed by atoms with Crippen LogP contribution in [0.1, 0.15) is 0 Å². The number of ether oxygens (including phenoxy) is 1. The number of piperazine rings is 1. The molecule has 0 saturated carbocycles. The van der Waals surface area contributed by atoms with Crippen LogP contribution in [0.3, 0.4) is 0 Å². The van der Waals surface area contributed by atoms with Crippen molar-refractivity contribution in [2.75, 3.05) is 50.6 Å². The lowest BCUT2D eigenvalue weighted by Gasteiger charge is -2.34. The molecule has 0 unspecified atom stereocenters. The molecule has 1 fully saturated rings. The van der Waals surface area contributed by atoms with Crippen molar-refractivity contribution in [2.24, 2.45) is 0 Å². The molecule has 1 aliphatic rings. The van der Waals surface area contributed by atoms with Crippen molar-refractivity contribution in [3.05, 3.63) is 60.9 Å². The highest BCUT2D eigenvalue weighted by Gasteiger charge is 2.15. The fourth-order valence-corrected chi connectivity index (χ4v) is 3.86. The van der Waals surface area contributed by atoms with Crippen LogP contribution in [0.2, 0.25) is 0 Å². The summed E-state index contributed by atoms with van der Waals surface area (Å²) in [6.07, 6.45) is 3.52. The van der Waals surface area contributed by atoms with Gasteiger partial charge in [-0.2, -0.15) is 0 Å². The Balaban J connectivity index is 1.38. The molecule has 4 aromatic rings. The Labute approximate surface area is 181 Å². The minimum Gasteiger partial charge on any atom is -0.481 e. The molecule has 8 nitrogen and oxygen atoms in total. The summed E-state index contributed by atoms with van der Waals surface area (Å²) < 4.78 is 7.28. The van der Waals surface area contributed by atoms with Crippen LogP contribution in [0.25, 0.3) is 16.8 Å².